The number of oxazole rings is 1. The van der Waals surface area contributed by atoms with E-state index in [4.69, 9.17) is 4.42 Å². The van der Waals surface area contributed by atoms with Crippen molar-refractivity contribution in [2.45, 2.75) is 47.1 Å². The second-order valence-corrected chi connectivity index (χ2v) is 6.87. The van der Waals surface area contributed by atoms with Gasteiger partial charge in [-0.05, 0) is 31.2 Å². The van der Waals surface area contributed by atoms with Crippen LogP contribution in [0.4, 0.5) is 10.8 Å². The van der Waals surface area contributed by atoms with Crippen molar-refractivity contribution < 1.29 is 9.21 Å². The molecule has 0 aliphatic carbocycles. The summed E-state index contributed by atoms with van der Waals surface area (Å²) in [6, 6.07) is 10.1. The molecule has 0 saturated heterocycles. The highest BCUT2D eigenvalue weighted by Gasteiger charge is 2.27. The standard InChI is InChI=1S/C18H25N3O2/c1-12-13(2)23-17(19-12)21-16(22)20-15(18(3,4)5)11-14-9-7-6-8-10-14/h6-10,15H,11H2,1-5H3,(H2,19,20,21,22). The number of nitrogens with one attached hydrogen (secondary N) is 2. The van der Waals surface area contributed by atoms with E-state index >= 15 is 0 Å². The molecule has 23 heavy (non-hydrogen) atoms. The van der Waals surface area contributed by atoms with Crippen LogP contribution >= 0.6 is 0 Å². The van der Waals surface area contributed by atoms with Crippen LogP contribution in [0.25, 0.3) is 0 Å². The van der Waals surface area contributed by atoms with E-state index in [0.717, 1.165) is 12.1 Å². The molecule has 0 aliphatic rings. The number of urea groups is 1. The Balaban J connectivity index is 2.04. The summed E-state index contributed by atoms with van der Waals surface area (Å²) in [7, 11) is 0. The SMILES string of the molecule is Cc1nc(NC(=O)NC(Cc2ccccc2)C(C)(C)C)oc1C. The predicted octanol–water partition coefficient (Wildman–Crippen LogP) is 4.07. The summed E-state index contributed by atoms with van der Waals surface area (Å²) < 4.78 is 5.39. The Hall–Kier alpha value is -2.30. The average Bonchev–Trinajstić information content (AvgIpc) is 2.76. The number of carbonyl (C=O) groups is 1. The third kappa shape index (κ3) is 4.84. The zero-order chi connectivity index (χ0) is 17.0. The Morgan fingerprint density at radius 2 is 1.87 bits per heavy atom. The van der Waals surface area contributed by atoms with E-state index in [1.165, 1.54) is 5.56 Å². The minimum absolute atomic E-state index is 0.0120. The molecule has 124 valence electrons. The molecule has 2 aromatic rings. The highest BCUT2D eigenvalue weighted by Crippen LogP contribution is 2.23. The minimum Gasteiger partial charge on any atom is -0.428 e. The van der Waals surface area contributed by atoms with E-state index in [2.05, 4.69) is 48.5 Å². The Kier molecular flexibility index (Phi) is 5.08. The van der Waals surface area contributed by atoms with Crippen molar-refractivity contribution in [1.82, 2.24) is 10.3 Å². The molecule has 0 aliphatic heterocycles. The maximum Gasteiger partial charge on any atom is 0.323 e. The van der Waals surface area contributed by atoms with Crippen LogP contribution in [0.1, 0.15) is 37.8 Å². The minimum atomic E-state index is -0.304. The van der Waals surface area contributed by atoms with E-state index in [9.17, 15) is 4.79 Å². The quantitative estimate of drug-likeness (QED) is 0.893. The van der Waals surface area contributed by atoms with Crippen molar-refractivity contribution in [3.05, 3.63) is 47.3 Å². The predicted molar refractivity (Wildman–Crippen MR) is 91.5 cm³/mol. The van der Waals surface area contributed by atoms with Crippen LogP contribution < -0.4 is 10.6 Å². The molecule has 2 amide bonds. The van der Waals surface area contributed by atoms with Crippen molar-refractivity contribution in [3.63, 3.8) is 0 Å². The largest absolute Gasteiger partial charge is 0.428 e. The van der Waals surface area contributed by atoms with Gasteiger partial charge in [0.25, 0.3) is 0 Å². The number of carbonyl (C=O) groups excluding carboxylic acids is 1. The summed E-state index contributed by atoms with van der Waals surface area (Å²) in [6.45, 7) is 10.00. The molecule has 5 heteroatoms. The summed E-state index contributed by atoms with van der Waals surface area (Å²) in [5.41, 5.74) is 1.89. The van der Waals surface area contributed by atoms with E-state index in [1.54, 1.807) is 0 Å². The van der Waals surface area contributed by atoms with Crippen LogP contribution in [-0.2, 0) is 6.42 Å². The van der Waals surface area contributed by atoms with Crippen molar-refractivity contribution >= 4 is 12.0 Å². The lowest BCUT2D eigenvalue weighted by Gasteiger charge is -2.31. The van der Waals surface area contributed by atoms with Gasteiger partial charge < -0.3 is 9.73 Å². The molecule has 1 aromatic heterocycles. The molecule has 1 unspecified atom stereocenters. The van der Waals surface area contributed by atoms with Gasteiger partial charge in [0.05, 0.1) is 5.69 Å². The molecule has 0 fully saturated rings. The third-order valence-electron chi connectivity index (χ3n) is 3.88. The first-order chi connectivity index (χ1) is 10.8. The lowest BCUT2D eigenvalue weighted by atomic mass is 9.83. The van der Waals surface area contributed by atoms with Gasteiger partial charge in [-0.3, -0.25) is 5.32 Å². The van der Waals surface area contributed by atoms with E-state index in [1.807, 2.05) is 32.0 Å². The summed E-state index contributed by atoms with van der Waals surface area (Å²) in [5.74, 6) is 0.706. The van der Waals surface area contributed by atoms with Crippen LogP contribution in [0, 0.1) is 19.3 Å². The van der Waals surface area contributed by atoms with Crippen LogP contribution in [0.3, 0.4) is 0 Å². The van der Waals surface area contributed by atoms with Crippen LogP contribution in [-0.4, -0.2) is 17.1 Å². The first kappa shape index (κ1) is 17.1. The molecular weight excluding hydrogens is 290 g/mol. The normalized spacial score (nSPS) is 12.7. The fraction of sp³-hybridized carbons (Fsp3) is 0.444. The molecule has 0 saturated carbocycles. The van der Waals surface area contributed by atoms with Gasteiger partial charge in [-0.1, -0.05) is 51.1 Å². The van der Waals surface area contributed by atoms with E-state index in [-0.39, 0.29) is 23.5 Å². The topological polar surface area (TPSA) is 67.2 Å². The summed E-state index contributed by atoms with van der Waals surface area (Å²) in [5, 5.41) is 5.70. The second kappa shape index (κ2) is 6.86. The number of hydrogen-bond acceptors (Lipinski definition) is 3. The molecule has 1 aromatic carbocycles. The Morgan fingerprint density at radius 3 is 2.39 bits per heavy atom. The van der Waals surface area contributed by atoms with Gasteiger partial charge in [-0.2, -0.15) is 4.98 Å². The van der Waals surface area contributed by atoms with Crippen LogP contribution in [0.5, 0.6) is 0 Å². The van der Waals surface area contributed by atoms with Gasteiger partial charge in [0.1, 0.15) is 5.76 Å². The van der Waals surface area contributed by atoms with Gasteiger partial charge in [0.15, 0.2) is 0 Å². The van der Waals surface area contributed by atoms with Gasteiger partial charge in [-0.15, -0.1) is 0 Å². The van der Waals surface area contributed by atoms with Gasteiger partial charge in [0.2, 0.25) is 0 Å². The number of anilines is 1. The highest BCUT2D eigenvalue weighted by atomic mass is 16.4. The van der Waals surface area contributed by atoms with Crippen LogP contribution in [0.15, 0.2) is 34.7 Å². The Labute approximate surface area is 137 Å². The number of hydrogen-bond donors (Lipinski definition) is 2. The third-order valence-corrected chi connectivity index (χ3v) is 3.88. The van der Waals surface area contributed by atoms with Crippen LogP contribution in [0.2, 0.25) is 0 Å². The van der Waals surface area contributed by atoms with Gasteiger partial charge in [-0.25, -0.2) is 4.79 Å². The number of aromatic nitrogens is 1. The molecule has 2 rings (SSSR count). The highest BCUT2D eigenvalue weighted by molar-refractivity contribution is 5.87. The Bertz CT molecular complexity index is 637. The summed E-state index contributed by atoms with van der Waals surface area (Å²) in [6.07, 6.45) is 0.765. The zero-order valence-corrected chi connectivity index (χ0v) is 14.4. The van der Waals surface area contributed by atoms with Gasteiger partial charge >= 0.3 is 12.0 Å². The summed E-state index contributed by atoms with van der Waals surface area (Å²) >= 11 is 0. The molecule has 5 nitrogen and oxygen atoms in total. The molecule has 0 spiro atoms. The van der Waals surface area contributed by atoms with Crippen molar-refractivity contribution in [1.29, 1.82) is 0 Å². The fourth-order valence-electron chi connectivity index (χ4n) is 2.24. The van der Waals surface area contributed by atoms with Crippen molar-refractivity contribution in [3.8, 4) is 0 Å². The molecule has 1 heterocycles. The van der Waals surface area contributed by atoms with Crippen molar-refractivity contribution in [2.24, 2.45) is 5.41 Å². The van der Waals surface area contributed by atoms with Gasteiger partial charge in [0, 0.05) is 6.04 Å². The van der Waals surface area contributed by atoms with E-state index < -0.39 is 0 Å². The molecule has 0 bridgehead atoms. The number of amides is 2. The molecule has 1 atom stereocenters. The second-order valence-electron chi connectivity index (χ2n) is 6.87. The lowest BCUT2D eigenvalue weighted by Crippen LogP contribution is -2.46. The molecule has 0 radical (unpaired) electrons. The summed E-state index contributed by atoms with van der Waals surface area (Å²) in [4.78, 5) is 16.4. The number of nitrogens with zero attached hydrogens (tertiary/aromatic N) is 1. The monoisotopic (exact) mass is 315 g/mol. The average molecular weight is 315 g/mol. The molecule has 2 N–H and O–H groups in total. The number of benzene rings is 1. The number of rotatable bonds is 4. The van der Waals surface area contributed by atoms with E-state index in [0.29, 0.717) is 5.76 Å². The van der Waals surface area contributed by atoms with Crippen molar-refractivity contribution in [2.75, 3.05) is 5.32 Å². The first-order valence-electron chi connectivity index (χ1n) is 7.81. The Morgan fingerprint density at radius 1 is 1.22 bits per heavy atom. The number of aryl methyl sites for hydroxylation is 2. The smallest absolute Gasteiger partial charge is 0.323 e. The first-order valence-corrected chi connectivity index (χ1v) is 7.81. The maximum absolute atomic E-state index is 12.3. The molecular formula is C18H25N3O2. The fourth-order valence-corrected chi connectivity index (χ4v) is 2.24. The lowest BCUT2D eigenvalue weighted by molar-refractivity contribution is 0.227. The maximum atomic E-state index is 12.3. The zero-order valence-electron chi connectivity index (χ0n) is 14.4.